The van der Waals surface area contributed by atoms with Gasteiger partial charge in [-0.15, -0.1) is 0 Å². The largest absolute Gasteiger partial charge is 0.460 e. The average molecular weight is 341 g/mol. The van der Waals surface area contributed by atoms with Crippen LogP contribution in [-0.2, 0) is 4.74 Å². The van der Waals surface area contributed by atoms with Crippen molar-refractivity contribution < 1.29 is 14.3 Å². The van der Waals surface area contributed by atoms with Crippen LogP contribution in [0.15, 0.2) is 30.7 Å². The summed E-state index contributed by atoms with van der Waals surface area (Å²) in [6, 6.07) is 3.80. The van der Waals surface area contributed by atoms with Gasteiger partial charge in [0.2, 0.25) is 0 Å². The van der Waals surface area contributed by atoms with Gasteiger partial charge in [0.25, 0.3) is 5.91 Å². The van der Waals surface area contributed by atoms with Gasteiger partial charge in [-0.2, -0.15) is 0 Å². The van der Waals surface area contributed by atoms with E-state index >= 15 is 0 Å². The summed E-state index contributed by atoms with van der Waals surface area (Å²) in [5.74, 6) is -0.765. The molecule has 1 aromatic heterocycles. The first kappa shape index (κ1) is 18.6. The molecule has 0 aliphatic rings. The van der Waals surface area contributed by atoms with Crippen molar-refractivity contribution in [2.45, 2.75) is 40.2 Å². The Hall–Kier alpha value is -2.76. The van der Waals surface area contributed by atoms with Gasteiger partial charge in [-0.05, 0) is 57.4 Å². The van der Waals surface area contributed by atoms with Crippen molar-refractivity contribution in [3.05, 3.63) is 58.7 Å². The Bertz CT molecular complexity index is 786. The lowest BCUT2D eigenvalue weighted by atomic mass is 10.0. The molecule has 0 aliphatic carbocycles. The first-order valence-corrected chi connectivity index (χ1v) is 8.03. The summed E-state index contributed by atoms with van der Waals surface area (Å²) >= 11 is 0. The molecule has 0 bridgehead atoms. The number of benzene rings is 1. The van der Waals surface area contributed by atoms with Crippen LogP contribution in [-0.4, -0.2) is 34.0 Å². The fourth-order valence-electron chi connectivity index (χ4n) is 2.33. The van der Waals surface area contributed by atoms with Crippen LogP contribution in [0.5, 0.6) is 0 Å². The van der Waals surface area contributed by atoms with Crippen molar-refractivity contribution in [3.8, 4) is 0 Å². The Morgan fingerprint density at radius 1 is 1.08 bits per heavy atom. The van der Waals surface area contributed by atoms with Crippen LogP contribution in [0.25, 0.3) is 0 Å². The van der Waals surface area contributed by atoms with Crippen LogP contribution in [0.1, 0.15) is 51.4 Å². The van der Waals surface area contributed by atoms with Crippen molar-refractivity contribution in [1.82, 2.24) is 15.3 Å². The summed E-state index contributed by atoms with van der Waals surface area (Å²) in [4.78, 5) is 32.4. The summed E-state index contributed by atoms with van der Waals surface area (Å²) in [5, 5.41) is 2.80. The van der Waals surface area contributed by atoms with E-state index in [1.165, 1.54) is 18.6 Å². The predicted octanol–water partition coefficient (Wildman–Crippen LogP) is 2.77. The number of carbonyl (C=O) groups excluding carboxylic acids is 2. The maximum Gasteiger partial charge on any atom is 0.338 e. The number of hydrogen-bond acceptors (Lipinski definition) is 5. The van der Waals surface area contributed by atoms with Gasteiger partial charge in [0.1, 0.15) is 12.3 Å². The number of nitrogens with zero attached hydrogens (tertiary/aromatic N) is 2. The molecule has 0 saturated carbocycles. The maximum atomic E-state index is 12.4. The first-order chi connectivity index (χ1) is 11.7. The van der Waals surface area contributed by atoms with Gasteiger partial charge in [0, 0.05) is 12.4 Å². The third-order valence-electron chi connectivity index (χ3n) is 3.87. The Kier molecular flexibility index (Phi) is 5.51. The van der Waals surface area contributed by atoms with E-state index in [2.05, 4.69) is 15.3 Å². The highest BCUT2D eigenvalue weighted by Crippen LogP contribution is 2.17. The second-order valence-corrected chi connectivity index (χ2v) is 6.76. The standard InChI is InChI=1S/C19H23N3O3/c1-12-8-14(3)15(9-13(12)2)18(24)25-11-19(4,5)22-17(23)16-10-20-6-7-21-16/h6-10H,11H2,1-5H3,(H,22,23). The quantitative estimate of drug-likeness (QED) is 0.846. The van der Waals surface area contributed by atoms with E-state index in [1.54, 1.807) is 13.8 Å². The van der Waals surface area contributed by atoms with Crippen molar-refractivity contribution in [2.24, 2.45) is 0 Å². The third-order valence-corrected chi connectivity index (χ3v) is 3.87. The lowest BCUT2D eigenvalue weighted by molar-refractivity contribution is 0.0388. The number of carbonyl (C=O) groups is 2. The zero-order valence-electron chi connectivity index (χ0n) is 15.2. The normalized spacial score (nSPS) is 11.1. The van der Waals surface area contributed by atoms with Crippen molar-refractivity contribution in [1.29, 1.82) is 0 Å². The van der Waals surface area contributed by atoms with Gasteiger partial charge in [0.15, 0.2) is 0 Å². The van der Waals surface area contributed by atoms with Gasteiger partial charge in [0.05, 0.1) is 17.3 Å². The number of nitrogens with one attached hydrogen (secondary N) is 1. The summed E-state index contributed by atoms with van der Waals surface area (Å²) in [6.07, 6.45) is 4.33. The van der Waals surface area contributed by atoms with E-state index in [-0.39, 0.29) is 18.2 Å². The minimum absolute atomic E-state index is 0.0458. The highest BCUT2D eigenvalue weighted by molar-refractivity contribution is 5.93. The van der Waals surface area contributed by atoms with Crippen LogP contribution in [0.4, 0.5) is 0 Å². The van der Waals surface area contributed by atoms with E-state index in [9.17, 15) is 9.59 Å². The lowest BCUT2D eigenvalue weighted by Crippen LogP contribution is -2.47. The fraction of sp³-hybridized carbons (Fsp3) is 0.368. The van der Waals surface area contributed by atoms with Crippen LogP contribution < -0.4 is 5.32 Å². The second kappa shape index (κ2) is 7.42. The molecular formula is C19H23N3O3. The topological polar surface area (TPSA) is 81.2 Å². The van der Waals surface area contributed by atoms with E-state index in [0.717, 1.165) is 16.7 Å². The number of hydrogen-bond donors (Lipinski definition) is 1. The summed E-state index contributed by atoms with van der Waals surface area (Å²) in [5.41, 5.74) is 3.05. The second-order valence-electron chi connectivity index (χ2n) is 6.76. The minimum Gasteiger partial charge on any atom is -0.460 e. The van der Waals surface area contributed by atoms with Crippen LogP contribution in [0.3, 0.4) is 0 Å². The molecule has 1 aromatic carbocycles. The lowest BCUT2D eigenvalue weighted by Gasteiger charge is -2.25. The summed E-state index contributed by atoms with van der Waals surface area (Å²) < 4.78 is 5.42. The monoisotopic (exact) mass is 341 g/mol. The van der Waals surface area contributed by atoms with Crippen LogP contribution in [0.2, 0.25) is 0 Å². The number of ether oxygens (including phenoxy) is 1. The molecule has 6 nitrogen and oxygen atoms in total. The number of aromatic nitrogens is 2. The molecule has 0 unspecified atom stereocenters. The third kappa shape index (κ3) is 4.86. The van der Waals surface area contributed by atoms with Gasteiger partial charge in [-0.1, -0.05) is 6.07 Å². The highest BCUT2D eigenvalue weighted by atomic mass is 16.5. The van der Waals surface area contributed by atoms with E-state index in [0.29, 0.717) is 5.56 Å². The van der Waals surface area contributed by atoms with Gasteiger partial charge in [-0.25, -0.2) is 9.78 Å². The molecule has 0 atom stereocenters. The van der Waals surface area contributed by atoms with Crippen molar-refractivity contribution in [2.75, 3.05) is 6.61 Å². The molecular weight excluding hydrogens is 318 g/mol. The number of aryl methyl sites for hydroxylation is 3. The van der Waals surface area contributed by atoms with Crippen molar-refractivity contribution in [3.63, 3.8) is 0 Å². The Balaban J connectivity index is 2.00. The van der Waals surface area contributed by atoms with E-state index in [4.69, 9.17) is 4.74 Å². The maximum absolute atomic E-state index is 12.4. The molecule has 0 fully saturated rings. The number of amides is 1. The van der Waals surface area contributed by atoms with E-state index in [1.807, 2.05) is 32.9 Å². The first-order valence-electron chi connectivity index (χ1n) is 8.03. The predicted molar refractivity (Wildman–Crippen MR) is 94.5 cm³/mol. The molecule has 6 heteroatoms. The van der Waals surface area contributed by atoms with Crippen LogP contribution >= 0.6 is 0 Å². The fourth-order valence-corrected chi connectivity index (χ4v) is 2.33. The molecule has 132 valence electrons. The SMILES string of the molecule is Cc1cc(C)c(C(=O)OCC(C)(C)NC(=O)c2cnccn2)cc1C. The average Bonchev–Trinajstić information content (AvgIpc) is 2.56. The Labute approximate surface area is 147 Å². The van der Waals surface area contributed by atoms with Gasteiger partial charge >= 0.3 is 5.97 Å². The summed E-state index contributed by atoms with van der Waals surface area (Å²) in [6.45, 7) is 9.44. The highest BCUT2D eigenvalue weighted by Gasteiger charge is 2.25. The molecule has 0 aliphatic heterocycles. The summed E-state index contributed by atoms with van der Waals surface area (Å²) in [7, 11) is 0. The molecule has 0 spiro atoms. The Morgan fingerprint density at radius 3 is 2.40 bits per heavy atom. The van der Waals surface area contributed by atoms with Crippen LogP contribution in [0, 0.1) is 20.8 Å². The molecule has 0 saturated heterocycles. The zero-order valence-corrected chi connectivity index (χ0v) is 15.2. The molecule has 25 heavy (non-hydrogen) atoms. The smallest absolute Gasteiger partial charge is 0.338 e. The Morgan fingerprint density at radius 2 is 1.76 bits per heavy atom. The molecule has 1 heterocycles. The molecule has 0 radical (unpaired) electrons. The number of esters is 1. The molecule has 2 rings (SSSR count). The van der Waals surface area contributed by atoms with Gasteiger partial charge < -0.3 is 10.1 Å². The molecule has 1 amide bonds. The van der Waals surface area contributed by atoms with E-state index < -0.39 is 11.5 Å². The zero-order chi connectivity index (χ0) is 18.6. The number of rotatable bonds is 5. The molecule has 1 N–H and O–H groups in total. The van der Waals surface area contributed by atoms with Crippen molar-refractivity contribution >= 4 is 11.9 Å². The van der Waals surface area contributed by atoms with Gasteiger partial charge in [-0.3, -0.25) is 9.78 Å². The minimum atomic E-state index is -0.738. The molecule has 2 aromatic rings.